The Balaban J connectivity index is 1.79. The fourth-order valence-corrected chi connectivity index (χ4v) is 2.44. The van der Waals surface area contributed by atoms with Gasteiger partial charge < -0.3 is 14.8 Å². The van der Waals surface area contributed by atoms with Crippen molar-refractivity contribution in [1.82, 2.24) is 10.7 Å². The molecular formula is C19H20ClN3O4. The van der Waals surface area contributed by atoms with E-state index in [4.69, 9.17) is 21.1 Å². The van der Waals surface area contributed by atoms with Gasteiger partial charge in [-0.15, -0.1) is 0 Å². The van der Waals surface area contributed by atoms with E-state index in [0.29, 0.717) is 35.1 Å². The average molecular weight is 390 g/mol. The monoisotopic (exact) mass is 389 g/mol. The van der Waals surface area contributed by atoms with Crippen molar-refractivity contribution < 1.29 is 19.1 Å². The number of nitrogens with one attached hydrogen (secondary N) is 2. The molecule has 0 saturated heterocycles. The predicted molar refractivity (Wildman–Crippen MR) is 103 cm³/mol. The van der Waals surface area contributed by atoms with Gasteiger partial charge in [0.15, 0.2) is 11.5 Å². The molecule has 7 nitrogen and oxygen atoms in total. The minimum atomic E-state index is -0.847. The summed E-state index contributed by atoms with van der Waals surface area (Å²) in [5.41, 5.74) is 3.81. The molecule has 0 aliphatic heterocycles. The van der Waals surface area contributed by atoms with Crippen LogP contribution in [0.2, 0.25) is 5.02 Å². The highest BCUT2D eigenvalue weighted by Gasteiger charge is 2.12. The molecule has 0 fully saturated rings. The fraction of sp³-hybridized carbons (Fsp3) is 0.211. The van der Waals surface area contributed by atoms with Gasteiger partial charge in [-0.3, -0.25) is 9.59 Å². The van der Waals surface area contributed by atoms with Crippen LogP contribution in [-0.4, -0.2) is 38.8 Å². The van der Waals surface area contributed by atoms with Crippen molar-refractivity contribution in [1.29, 1.82) is 0 Å². The molecule has 2 aromatic carbocycles. The molecule has 2 N–H and O–H groups in total. The number of methoxy groups -OCH3 is 2. The second-order valence-electron chi connectivity index (χ2n) is 5.45. The van der Waals surface area contributed by atoms with Crippen molar-refractivity contribution in [3.8, 4) is 11.5 Å². The molecule has 0 aliphatic carbocycles. The van der Waals surface area contributed by atoms with Gasteiger partial charge in [0.2, 0.25) is 0 Å². The van der Waals surface area contributed by atoms with Gasteiger partial charge >= 0.3 is 11.8 Å². The number of amides is 2. The maximum atomic E-state index is 11.8. The van der Waals surface area contributed by atoms with E-state index < -0.39 is 11.8 Å². The molecule has 0 aromatic heterocycles. The van der Waals surface area contributed by atoms with Crippen LogP contribution in [0.3, 0.4) is 0 Å². The molecular weight excluding hydrogens is 370 g/mol. The van der Waals surface area contributed by atoms with E-state index in [1.54, 1.807) is 44.6 Å². The van der Waals surface area contributed by atoms with Gasteiger partial charge in [0, 0.05) is 11.6 Å². The van der Waals surface area contributed by atoms with E-state index in [0.717, 1.165) is 5.56 Å². The number of hydrogen-bond acceptors (Lipinski definition) is 5. The van der Waals surface area contributed by atoms with Gasteiger partial charge in [-0.1, -0.05) is 29.8 Å². The summed E-state index contributed by atoms with van der Waals surface area (Å²) in [6.07, 6.45) is 1.94. The molecule has 2 aromatic rings. The first-order chi connectivity index (χ1) is 13.0. The maximum Gasteiger partial charge on any atom is 0.329 e. The molecule has 0 heterocycles. The first-order valence-electron chi connectivity index (χ1n) is 8.11. The van der Waals surface area contributed by atoms with Crippen LogP contribution in [0.1, 0.15) is 11.1 Å². The van der Waals surface area contributed by atoms with Crippen LogP contribution in [-0.2, 0) is 16.0 Å². The van der Waals surface area contributed by atoms with Crippen LogP contribution < -0.4 is 20.2 Å². The van der Waals surface area contributed by atoms with E-state index in [2.05, 4.69) is 15.8 Å². The number of benzene rings is 2. The van der Waals surface area contributed by atoms with Crippen molar-refractivity contribution in [2.45, 2.75) is 6.42 Å². The third kappa shape index (κ3) is 6.31. The highest BCUT2D eigenvalue weighted by molar-refractivity contribution is 6.35. The molecule has 0 bridgehead atoms. The van der Waals surface area contributed by atoms with Gasteiger partial charge in [0.1, 0.15) is 0 Å². The number of hydrogen-bond donors (Lipinski definition) is 2. The van der Waals surface area contributed by atoms with Crippen molar-refractivity contribution in [2.75, 3.05) is 20.8 Å². The first-order valence-corrected chi connectivity index (χ1v) is 8.49. The topological polar surface area (TPSA) is 89.0 Å². The highest BCUT2D eigenvalue weighted by atomic mass is 35.5. The molecule has 8 heteroatoms. The van der Waals surface area contributed by atoms with Crippen LogP contribution in [0.5, 0.6) is 11.5 Å². The largest absolute Gasteiger partial charge is 0.493 e. The Labute approximate surface area is 162 Å². The third-order valence-electron chi connectivity index (χ3n) is 3.58. The summed E-state index contributed by atoms with van der Waals surface area (Å²) in [5.74, 6) is -0.379. The van der Waals surface area contributed by atoms with E-state index in [-0.39, 0.29) is 0 Å². The van der Waals surface area contributed by atoms with Gasteiger partial charge in [0.05, 0.1) is 20.4 Å². The number of rotatable bonds is 7. The second-order valence-corrected chi connectivity index (χ2v) is 5.89. The Bertz CT molecular complexity index is 839. The molecule has 0 spiro atoms. The number of carbonyl (C=O) groups is 2. The predicted octanol–water partition coefficient (Wildman–Crippen LogP) is 2.17. The second kappa shape index (κ2) is 10.2. The summed E-state index contributed by atoms with van der Waals surface area (Å²) in [6, 6.07) is 12.4. The molecule has 0 aliphatic rings. The minimum Gasteiger partial charge on any atom is -0.493 e. The molecule has 0 atom stereocenters. The summed E-state index contributed by atoms with van der Waals surface area (Å²) >= 11 is 5.85. The maximum absolute atomic E-state index is 11.8. The molecule has 2 rings (SSSR count). The lowest BCUT2D eigenvalue weighted by Gasteiger charge is -2.10. The summed E-state index contributed by atoms with van der Waals surface area (Å²) in [4.78, 5) is 23.5. The Morgan fingerprint density at radius 3 is 2.56 bits per heavy atom. The quantitative estimate of drug-likeness (QED) is 0.431. The summed E-state index contributed by atoms with van der Waals surface area (Å²) in [6.45, 7) is 0.291. The highest BCUT2D eigenvalue weighted by Crippen LogP contribution is 2.27. The van der Waals surface area contributed by atoms with E-state index in [1.807, 2.05) is 12.1 Å². The van der Waals surface area contributed by atoms with Gasteiger partial charge in [0.25, 0.3) is 0 Å². The van der Waals surface area contributed by atoms with Gasteiger partial charge in [-0.25, -0.2) is 5.43 Å². The summed E-state index contributed by atoms with van der Waals surface area (Å²) < 4.78 is 10.4. The lowest BCUT2D eigenvalue weighted by molar-refractivity contribution is -0.139. The molecule has 27 heavy (non-hydrogen) atoms. The van der Waals surface area contributed by atoms with Crippen LogP contribution in [0.4, 0.5) is 0 Å². The third-order valence-corrected chi connectivity index (χ3v) is 3.82. The molecule has 0 radical (unpaired) electrons. The summed E-state index contributed by atoms with van der Waals surface area (Å²) in [7, 11) is 3.11. The first kappa shape index (κ1) is 20.3. The zero-order valence-electron chi connectivity index (χ0n) is 15.0. The fourth-order valence-electron chi connectivity index (χ4n) is 2.24. The number of ether oxygens (including phenoxy) is 2. The van der Waals surface area contributed by atoms with Crippen LogP contribution in [0.15, 0.2) is 47.6 Å². The molecule has 2 amide bonds. The Hall–Kier alpha value is -3.06. The molecule has 142 valence electrons. The van der Waals surface area contributed by atoms with Crippen LogP contribution in [0, 0.1) is 0 Å². The Morgan fingerprint density at radius 1 is 1.07 bits per heavy atom. The minimum absolute atomic E-state index is 0.291. The average Bonchev–Trinajstić information content (AvgIpc) is 2.67. The zero-order chi connectivity index (χ0) is 19.6. The normalized spacial score (nSPS) is 10.5. The molecule has 0 saturated carbocycles. The SMILES string of the molecule is COc1ccc(CCNC(=O)C(=O)N/N=C\c2cccc(Cl)c2)cc1OC. The van der Waals surface area contributed by atoms with Crippen molar-refractivity contribution in [3.05, 3.63) is 58.6 Å². The van der Waals surface area contributed by atoms with E-state index in [1.165, 1.54) is 6.21 Å². The van der Waals surface area contributed by atoms with Crippen LogP contribution in [0.25, 0.3) is 0 Å². The van der Waals surface area contributed by atoms with Gasteiger partial charge in [-0.05, 0) is 41.8 Å². The number of nitrogens with zero attached hydrogens (tertiary/aromatic N) is 1. The van der Waals surface area contributed by atoms with Gasteiger partial charge in [-0.2, -0.15) is 5.10 Å². The molecule has 0 unspecified atom stereocenters. The lowest BCUT2D eigenvalue weighted by atomic mass is 10.1. The number of halogens is 1. The lowest BCUT2D eigenvalue weighted by Crippen LogP contribution is -2.38. The van der Waals surface area contributed by atoms with Crippen molar-refractivity contribution in [2.24, 2.45) is 5.10 Å². The zero-order valence-corrected chi connectivity index (χ0v) is 15.7. The summed E-state index contributed by atoms with van der Waals surface area (Å²) in [5, 5.41) is 6.83. The number of hydrazone groups is 1. The Morgan fingerprint density at radius 2 is 1.85 bits per heavy atom. The smallest absolute Gasteiger partial charge is 0.329 e. The number of carbonyl (C=O) groups excluding carboxylic acids is 2. The van der Waals surface area contributed by atoms with E-state index in [9.17, 15) is 9.59 Å². The Kier molecular flexibility index (Phi) is 7.63. The van der Waals surface area contributed by atoms with Crippen molar-refractivity contribution in [3.63, 3.8) is 0 Å². The van der Waals surface area contributed by atoms with Crippen LogP contribution >= 0.6 is 11.6 Å². The van der Waals surface area contributed by atoms with Crippen molar-refractivity contribution >= 4 is 29.6 Å². The van der Waals surface area contributed by atoms with E-state index >= 15 is 0 Å². The standard InChI is InChI=1S/C19H20ClN3O4/c1-26-16-7-6-13(11-17(16)27-2)8-9-21-18(24)19(25)23-22-12-14-4-3-5-15(20)10-14/h3-7,10-12H,8-9H2,1-2H3,(H,21,24)(H,23,25)/b22-12-.